The molecule has 4 atom stereocenters. The summed E-state index contributed by atoms with van der Waals surface area (Å²) in [5, 5.41) is 22.4. The van der Waals surface area contributed by atoms with Crippen molar-refractivity contribution in [2.24, 2.45) is 17.1 Å². The zero-order chi connectivity index (χ0) is 28.1. The Bertz CT molecular complexity index is 1010. The van der Waals surface area contributed by atoms with E-state index in [2.05, 4.69) is 10.9 Å². The first-order valence-electron chi connectivity index (χ1n) is 13.1. The van der Waals surface area contributed by atoms with E-state index in [1.54, 1.807) is 48.9 Å². The minimum atomic E-state index is -1.17. The number of rotatable bonds is 19. The van der Waals surface area contributed by atoms with E-state index in [4.69, 9.17) is 5.73 Å². The lowest BCUT2D eigenvalue weighted by atomic mass is 9.76. The number of aliphatic hydroxyl groups is 2. The Hall–Kier alpha value is -2.34. The van der Waals surface area contributed by atoms with E-state index in [1.807, 2.05) is 18.4 Å². The maximum atomic E-state index is 13.9. The molecule has 0 spiro atoms. The Morgan fingerprint density at radius 1 is 1.18 bits per heavy atom. The van der Waals surface area contributed by atoms with Gasteiger partial charge in [0.1, 0.15) is 12.1 Å². The molecule has 0 aliphatic heterocycles. The second-order valence-corrected chi connectivity index (χ2v) is 11.2. The number of nitrogens with one attached hydrogen (secondary N) is 1. The van der Waals surface area contributed by atoms with Crippen molar-refractivity contribution in [1.82, 2.24) is 5.43 Å². The highest BCUT2D eigenvalue weighted by Crippen LogP contribution is 2.35. The summed E-state index contributed by atoms with van der Waals surface area (Å²) >= 11 is 1.41. The van der Waals surface area contributed by atoms with Gasteiger partial charge in [0.2, 0.25) is 16.8 Å². The van der Waals surface area contributed by atoms with Crippen LogP contribution in [0.25, 0.3) is 5.43 Å². The number of carbonyl (C=O) groups excluding carboxylic acids is 3. The van der Waals surface area contributed by atoms with Crippen molar-refractivity contribution < 1.29 is 29.2 Å². The monoisotopic (exact) mass is 546 g/mol. The molecule has 210 valence electrons. The van der Waals surface area contributed by atoms with Crippen molar-refractivity contribution in [2.75, 3.05) is 26.3 Å². The zero-order valence-corrected chi connectivity index (χ0v) is 23.4. The molecule has 1 aromatic carbocycles. The van der Waals surface area contributed by atoms with Crippen molar-refractivity contribution >= 4 is 29.2 Å². The van der Waals surface area contributed by atoms with Crippen molar-refractivity contribution in [3.63, 3.8) is 0 Å². The molecule has 0 aliphatic rings. The molecule has 9 nitrogen and oxygen atoms in total. The van der Waals surface area contributed by atoms with Crippen LogP contribution >= 0.6 is 11.3 Å². The summed E-state index contributed by atoms with van der Waals surface area (Å²) in [6, 6.07) is 7.44. The van der Waals surface area contributed by atoms with Gasteiger partial charge in [0.25, 0.3) is 0 Å². The minimum absolute atomic E-state index is 0.0132. The number of aliphatic hydroxyl groups excluding tert-OH is 2. The number of Topliss-reactive ketones (excluding diaryl/α,β-unsaturated/α-hetero) is 2. The number of unbranched alkanes of at least 4 members (excludes halogenated alkanes) is 1. The average molecular weight is 547 g/mol. The van der Waals surface area contributed by atoms with E-state index < -0.39 is 17.5 Å². The summed E-state index contributed by atoms with van der Waals surface area (Å²) in [5.74, 6) is -0.829. The van der Waals surface area contributed by atoms with Gasteiger partial charge in [0.05, 0.1) is 23.3 Å². The van der Waals surface area contributed by atoms with Crippen LogP contribution in [0.5, 0.6) is 0 Å². The van der Waals surface area contributed by atoms with E-state index >= 15 is 0 Å². The largest absolute Gasteiger partial charge is 0.591 e. The maximum absolute atomic E-state index is 13.9. The number of ketones is 2. The molecule has 0 fully saturated rings. The highest BCUT2D eigenvalue weighted by Gasteiger charge is 2.49. The fourth-order valence-corrected chi connectivity index (χ4v) is 5.44. The van der Waals surface area contributed by atoms with Gasteiger partial charge in [-0.3, -0.25) is 4.79 Å². The molecule has 0 amide bonds. The Morgan fingerprint density at radius 3 is 2.50 bits per heavy atom. The molecule has 0 bridgehead atoms. The number of aromatic nitrogens is 1. The van der Waals surface area contributed by atoms with Crippen LogP contribution in [0.1, 0.15) is 73.8 Å². The smallest absolute Gasteiger partial charge is 0.243 e. The fourth-order valence-electron chi connectivity index (χ4n) is 4.46. The van der Waals surface area contributed by atoms with Crippen LogP contribution in [0, 0.1) is 11.3 Å². The van der Waals surface area contributed by atoms with Gasteiger partial charge in [-0.2, -0.15) is 4.57 Å². The van der Waals surface area contributed by atoms with Crippen LogP contribution in [0.2, 0.25) is 0 Å². The number of aldehydes is 1. The summed E-state index contributed by atoms with van der Waals surface area (Å²) in [7, 11) is 0. The third-order valence-electron chi connectivity index (χ3n) is 6.83. The molecule has 0 saturated heterocycles. The Morgan fingerprint density at radius 2 is 1.89 bits per heavy atom. The number of benzene rings is 1. The van der Waals surface area contributed by atoms with Gasteiger partial charge >= 0.3 is 0 Å². The molecule has 0 saturated carbocycles. The van der Waals surface area contributed by atoms with Crippen LogP contribution in [0.4, 0.5) is 0 Å². The molecule has 10 heteroatoms. The molecule has 5 N–H and O–H groups in total. The maximum Gasteiger partial charge on any atom is 0.243 e. The number of thiazole rings is 1. The van der Waals surface area contributed by atoms with Gasteiger partial charge in [-0.25, -0.2) is 0 Å². The number of nitrogens with zero attached hydrogens (tertiary/aromatic N) is 2. The van der Waals surface area contributed by atoms with Gasteiger partial charge in [0, 0.05) is 18.2 Å². The summed E-state index contributed by atoms with van der Waals surface area (Å²) in [6.45, 7) is 5.53. The predicted octanol–water partition coefficient (Wildman–Crippen LogP) is 2.72. The Kier molecular flexibility index (Phi) is 13.4. The Labute approximate surface area is 229 Å². The van der Waals surface area contributed by atoms with Gasteiger partial charge in [-0.15, -0.1) is 0 Å². The van der Waals surface area contributed by atoms with Gasteiger partial charge in [0.15, 0.2) is 6.20 Å². The summed E-state index contributed by atoms with van der Waals surface area (Å²) in [4.78, 5) is 38.9. The summed E-state index contributed by atoms with van der Waals surface area (Å²) < 4.78 is 1.80. The van der Waals surface area contributed by atoms with Crippen LogP contribution < -0.4 is 15.7 Å². The molecule has 2 rings (SSSR count). The summed E-state index contributed by atoms with van der Waals surface area (Å²) in [5.41, 5.74) is 11.8. The third-order valence-corrected chi connectivity index (χ3v) is 7.88. The first-order chi connectivity index (χ1) is 18.2. The predicted molar refractivity (Wildman–Crippen MR) is 148 cm³/mol. The highest BCUT2D eigenvalue weighted by molar-refractivity contribution is 7.09. The molecular formula is C28H42N4O5S. The SMILES string of the molecule is CC(CO)CC(CO)c1scc[n+]1C(C(=O)c1ccccc1)C(C)(C)C(=O)C[N-]N[C@@H](C=O)CCCCN. The van der Waals surface area contributed by atoms with Gasteiger partial charge < -0.3 is 36.4 Å². The molecule has 1 aromatic heterocycles. The molecule has 2 aromatic rings. The highest BCUT2D eigenvalue weighted by atomic mass is 32.1. The molecule has 0 radical (unpaired) electrons. The van der Waals surface area contributed by atoms with Crippen molar-refractivity contribution in [2.45, 2.75) is 64.5 Å². The van der Waals surface area contributed by atoms with Gasteiger partial charge in [-0.1, -0.05) is 61.6 Å². The lowest BCUT2D eigenvalue weighted by Gasteiger charge is -2.33. The zero-order valence-electron chi connectivity index (χ0n) is 22.6. The van der Waals surface area contributed by atoms with E-state index in [9.17, 15) is 24.6 Å². The molecular weight excluding hydrogens is 504 g/mol. The number of hydrogen-bond donors (Lipinski definition) is 4. The number of nitrogens with two attached hydrogens (primary N) is 1. The van der Waals surface area contributed by atoms with E-state index in [0.717, 1.165) is 24.1 Å². The Balaban J connectivity index is 2.35. The lowest BCUT2D eigenvalue weighted by Crippen LogP contribution is -2.56. The summed E-state index contributed by atoms with van der Waals surface area (Å²) in [6.07, 6.45) is 5.22. The average Bonchev–Trinajstić information content (AvgIpc) is 3.39. The van der Waals surface area contributed by atoms with E-state index in [-0.39, 0.29) is 43.2 Å². The van der Waals surface area contributed by atoms with E-state index in [1.165, 1.54) is 11.3 Å². The second kappa shape index (κ2) is 15.9. The second-order valence-electron chi connectivity index (χ2n) is 10.3. The molecule has 3 unspecified atom stereocenters. The van der Waals surface area contributed by atoms with Crippen LogP contribution in [0.15, 0.2) is 41.9 Å². The standard InChI is InChI=1S/C28H42N4O5S/c1-20(17-33)15-22(18-34)27-32(13-14-38-27)26(25(37)21-9-5-4-6-10-21)28(2,3)24(36)16-30-31-23(19-35)11-7-8-12-29/h4-6,9-10,13-14,19-20,22-23,26,31,33-34H,7-8,11-12,15-18,29H2,1-3H3/t20?,22?,23-,26?/m1/s1. The first kappa shape index (κ1) is 31.9. The van der Waals surface area contributed by atoms with E-state index in [0.29, 0.717) is 24.9 Å². The van der Waals surface area contributed by atoms with Crippen LogP contribution in [-0.4, -0.2) is 60.4 Å². The van der Waals surface area contributed by atoms with Crippen molar-refractivity contribution in [3.05, 3.63) is 57.9 Å². The van der Waals surface area contributed by atoms with Crippen LogP contribution in [-0.2, 0) is 9.59 Å². The van der Waals surface area contributed by atoms with Crippen molar-refractivity contribution in [3.8, 4) is 0 Å². The number of carbonyl (C=O) groups is 3. The number of hydrogen-bond acceptors (Lipinski definition) is 8. The molecule has 0 aliphatic carbocycles. The fraction of sp³-hybridized carbons (Fsp3) is 0.571. The normalized spacial score (nSPS) is 15.0. The quantitative estimate of drug-likeness (QED) is 0.0696. The van der Waals surface area contributed by atoms with Crippen molar-refractivity contribution in [1.29, 1.82) is 0 Å². The third kappa shape index (κ3) is 8.59. The first-order valence-corrected chi connectivity index (χ1v) is 14.0. The minimum Gasteiger partial charge on any atom is -0.591 e. The lowest BCUT2D eigenvalue weighted by molar-refractivity contribution is -0.721. The molecule has 38 heavy (non-hydrogen) atoms. The topological polar surface area (TPSA) is 148 Å². The van der Waals surface area contributed by atoms with Crippen LogP contribution in [0.3, 0.4) is 0 Å². The van der Waals surface area contributed by atoms with Gasteiger partial charge in [-0.05, 0) is 45.6 Å². The molecule has 1 heterocycles.